The van der Waals surface area contributed by atoms with Gasteiger partial charge in [0.2, 0.25) is 0 Å². The van der Waals surface area contributed by atoms with Gasteiger partial charge in [-0.1, -0.05) is 18.2 Å². The SMILES string of the molecule is Brc1cccnc1NCCSc1ccccc1. The molecule has 0 bridgehead atoms. The molecule has 0 fully saturated rings. The second-order valence-corrected chi connectivity index (χ2v) is 5.44. The van der Waals surface area contributed by atoms with Gasteiger partial charge in [-0.05, 0) is 40.2 Å². The number of halogens is 1. The quantitative estimate of drug-likeness (QED) is 0.666. The van der Waals surface area contributed by atoms with Gasteiger partial charge in [-0.2, -0.15) is 0 Å². The fraction of sp³-hybridized carbons (Fsp3) is 0.154. The van der Waals surface area contributed by atoms with Crippen molar-refractivity contribution < 1.29 is 0 Å². The molecule has 1 N–H and O–H groups in total. The van der Waals surface area contributed by atoms with Crippen molar-refractivity contribution in [2.24, 2.45) is 0 Å². The summed E-state index contributed by atoms with van der Waals surface area (Å²) in [7, 11) is 0. The van der Waals surface area contributed by atoms with Crippen LogP contribution in [0.1, 0.15) is 0 Å². The van der Waals surface area contributed by atoms with Crippen molar-refractivity contribution in [2.45, 2.75) is 4.90 Å². The minimum Gasteiger partial charge on any atom is -0.368 e. The molecule has 0 saturated carbocycles. The van der Waals surface area contributed by atoms with Crippen molar-refractivity contribution in [1.82, 2.24) is 4.98 Å². The fourth-order valence-corrected chi connectivity index (χ4v) is 2.56. The average molecular weight is 309 g/mol. The van der Waals surface area contributed by atoms with Crippen LogP contribution in [-0.4, -0.2) is 17.3 Å². The Bertz CT molecular complexity index is 462. The monoisotopic (exact) mass is 308 g/mol. The Hall–Kier alpha value is -1.00. The summed E-state index contributed by atoms with van der Waals surface area (Å²) < 4.78 is 1.00. The van der Waals surface area contributed by atoms with Gasteiger partial charge in [0.15, 0.2) is 0 Å². The first-order valence-electron chi connectivity index (χ1n) is 5.38. The number of nitrogens with one attached hydrogen (secondary N) is 1. The molecule has 2 aromatic rings. The molecule has 0 aliphatic carbocycles. The van der Waals surface area contributed by atoms with Gasteiger partial charge in [-0.25, -0.2) is 4.98 Å². The van der Waals surface area contributed by atoms with E-state index >= 15 is 0 Å². The minimum atomic E-state index is 0.898. The summed E-state index contributed by atoms with van der Waals surface area (Å²) in [4.78, 5) is 5.56. The van der Waals surface area contributed by atoms with Gasteiger partial charge in [-0.3, -0.25) is 0 Å². The van der Waals surface area contributed by atoms with Gasteiger partial charge in [0.1, 0.15) is 5.82 Å². The molecule has 0 atom stereocenters. The van der Waals surface area contributed by atoms with Crippen molar-refractivity contribution in [2.75, 3.05) is 17.6 Å². The van der Waals surface area contributed by atoms with Gasteiger partial charge in [0, 0.05) is 23.4 Å². The summed E-state index contributed by atoms with van der Waals surface area (Å²) in [5.74, 6) is 1.92. The van der Waals surface area contributed by atoms with E-state index in [0.717, 1.165) is 22.6 Å². The molecule has 4 heteroatoms. The van der Waals surface area contributed by atoms with E-state index < -0.39 is 0 Å². The topological polar surface area (TPSA) is 24.9 Å². The minimum absolute atomic E-state index is 0.898. The van der Waals surface area contributed by atoms with Crippen molar-refractivity contribution in [3.63, 3.8) is 0 Å². The predicted octanol–water partition coefficient (Wildman–Crippen LogP) is 4.05. The number of thioether (sulfide) groups is 1. The first-order chi connectivity index (χ1) is 8.36. The van der Waals surface area contributed by atoms with Crippen molar-refractivity contribution >= 4 is 33.5 Å². The lowest BCUT2D eigenvalue weighted by atomic mass is 10.4. The number of pyridine rings is 1. The van der Waals surface area contributed by atoms with Gasteiger partial charge >= 0.3 is 0 Å². The Morgan fingerprint density at radius 1 is 1.12 bits per heavy atom. The number of anilines is 1. The van der Waals surface area contributed by atoms with Crippen LogP contribution in [0.4, 0.5) is 5.82 Å². The fourth-order valence-electron chi connectivity index (χ4n) is 1.37. The van der Waals surface area contributed by atoms with Crippen LogP contribution in [0.2, 0.25) is 0 Å². The molecule has 88 valence electrons. The van der Waals surface area contributed by atoms with Crippen LogP contribution in [0.25, 0.3) is 0 Å². The second kappa shape index (κ2) is 6.67. The molecule has 1 aromatic carbocycles. The third-order valence-electron chi connectivity index (χ3n) is 2.16. The largest absolute Gasteiger partial charge is 0.368 e. The van der Waals surface area contributed by atoms with Crippen molar-refractivity contribution in [1.29, 1.82) is 0 Å². The van der Waals surface area contributed by atoms with Gasteiger partial charge < -0.3 is 5.32 Å². The maximum atomic E-state index is 4.26. The van der Waals surface area contributed by atoms with Crippen LogP contribution in [0.3, 0.4) is 0 Å². The predicted molar refractivity (Wildman–Crippen MR) is 77.6 cm³/mol. The summed E-state index contributed by atoms with van der Waals surface area (Å²) in [6.07, 6.45) is 1.79. The Labute approximate surface area is 114 Å². The van der Waals surface area contributed by atoms with Crippen LogP contribution in [0.5, 0.6) is 0 Å². The second-order valence-electron chi connectivity index (χ2n) is 3.42. The number of rotatable bonds is 5. The van der Waals surface area contributed by atoms with Crippen LogP contribution in [0, 0.1) is 0 Å². The lowest BCUT2D eigenvalue weighted by Crippen LogP contribution is -2.05. The highest BCUT2D eigenvalue weighted by molar-refractivity contribution is 9.10. The standard InChI is InChI=1S/C13H13BrN2S/c14-12-7-4-8-15-13(12)16-9-10-17-11-5-2-1-3-6-11/h1-8H,9-10H2,(H,15,16). The highest BCUT2D eigenvalue weighted by Gasteiger charge is 1.98. The Morgan fingerprint density at radius 2 is 1.94 bits per heavy atom. The van der Waals surface area contributed by atoms with E-state index in [9.17, 15) is 0 Å². The molecule has 0 unspecified atom stereocenters. The molecule has 0 saturated heterocycles. The number of hydrogen-bond donors (Lipinski definition) is 1. The lowest BCUT2D eigenvalue weighted by molar-refractivity contribution is 1.16. The smallest absolute Gasteiger partial charge is 0.140 e. The van der Waals surface area contributed by atoms with Gasteiger partial charge in [0.05, 0.1) is 4.47 Å². The molecule has 2 rings (SSSR count). The molecule has 17 heavy (non-hydrogen) atoms. The normalized spacial score (nSPS) is 10.2. The van der Waals surface area contributed by atoms with Crippen LogP contribution in [0.15, 0.2) is 58.0 Å². The highest BCUT2D eigenvalue weighted by Crippen LogP contribution is 2.19. The molecule has 1 aromatic heterocycles. The molecule has 0 spiro atoms. The zero-order valence-electron chi connectivity index (χ0n) is 9.27. The number of aromatic nitrogens is 1. The molecular formula is C13H13BrN2S. The number of nitrogens with zero attached hydrogens (tertiary/aromatic N) is 1. The van der Waals surface area contributed by atoms with E-state index in [2.05, 4.69) is 50.5 Å². The van der Waals surface area contributed by atoms with E-state index in [1.54, 1.807) is 6.20 Å². The maximum absolute atomic E-state index is 4.26. The summed E-state index contributed by atoms with van der Waals surface area (Å²) in [5.41, 5.74) is 0. The van der Waals surface area contributed by atoms with Crippen LogP contribution in [-0.2, 0) is 0 Å². The van der Waals surface area contributed by atoms with Crippen LogP contribution < -0.4 is 5.32 Å². The van der Waals surface area contributed by atoms with E-state index in [1.807, 2.05) is 30.0 Å². The summed E-state index contributed by atoms with van der Waals surface area (Å²) in [6.45, 7) is 0.898. The Balaban J connectivity index is 1.76. The van der Waals surface area contributed by atoms with Gasteiger partial charge in [-0.15, -0.1) is 11.8 Å². The molecule has 0 aliphatic rings. The summed E-state index contributed by atoms with van der Waals surface area (Å²) in [5, 5.41) is 3.30. The molecule has 2 nitrogen and oxygen atoms in total. The molecule has 0 amide bonds. The molecular weight excluding hydrogens is 296 g/mol. The maximum Gasteiger partial charge on any atom is 0.140 e. The summed E-state index contributed by atoms with van der Waals surface area (Å²) in [6, 6.07) is 14.3. The highest BCUT2D eigenvalue weighted by atomic mass is 79.9. The lowest BCUT2D eigenvalue weighted by Gasteiger charge is -2.06. The number of benzene rings is 1. The third-order valence-corrected chi connectivity index (χ3v) is 3.82. The zero-order valence-corrected chi connectivity index (χ0v) is 11.7. The van der Waals surface area contributed by atoms with Crippen molar-refractivity contribution in [3.8, 4) is 0 Å². The molecule has 0 radical (unpaired) electrons. The molecule has 1 heterocycles. The first-order valence-corrected chi connectivity index (χ1v) is 7.16. The zero-order chi connectivity index (χ0) is 11.9. The van der Waals surface area contributed by atoms with Crippen molar-refractivity contribution in [3.05, 3.63) is 53.1 Å². The van der Waals surface area contributed by atoms with E-state index in [-0.39, 0.29) is 0 Å². The average Bonchev–Trinajstić information content (AvgIpc) is 2.38. The van der Waals surface area contributed by atoms with E-state index in [0.29, 0.717) is 0 Å². The first kappa shape index (κ1) is 12.5. The molecule has 0 aliphatic heterocycles. The van der Waals surface area contributed by atoms with Gasteiger partial charge in [0.25, 0.3) is 0 Å². The summed E-state index contributed by atoms with van der Waals surface area (Å²) >= 11 is 5.30. The Morgan fingerprint density at radius 3 is 2.71 bits per heavy atom. The van der Waals surface area contributed by atoms with E-state index in [4.69, 9.17) is 0 Å². The van der Waals surface area contributed by atoms with Crippen LogP contribution >= 0.6 is 27.7 Å². The third kappa shape index (κ3) is 4.06. The van der Waals surface area contributed by atoms with E-state index in [1.165, 1.54) is 4.90 Å². The number of hydrogen-bond acceptors (Lipinski definition) is 3. The Kier molecular flexibility index (Phi) is 4.88.